The number of aromatic nitrogens is 3. The Morgan fingerprint density at radius 3 is 2.84 bits per heavy atom. The first-order valence-electron chi connectivity index (χ1n) is 5.82. The molecule has 1 aromatic carbocycles. The number of hydrogen-bond acceptors (Lipinski definition) is 4. The highest BCUT2D eigenvalue weighted by Gasteiger charge is 2.15. The number of carbonyl (C=O) groups is 1. The number of Topliss-reactive ketones (excluding diaryl/α,β-unsaturated/α-hetero) is 1. The van der Waals surface area contributed by atoms with Crippen LogP contribution in [0.5, 0.6) is 0 Å². The third-order valence-corrected chi connectivity index (χ3v) is 4.39. The number of halogens is 1. The minimum Gasteiger partial charge on any atom is -0.299 e. The van der Waals surface area contributed by atoms with Crippen molar-refractivity contribution in [2.24, 2.45) is 0 Å². The number of carbonyl (C=O) groups excluding carboxylic acids is 1. The van der Waals surface area contributed by atoms with Gasteiger partial charge in [0.1, 0.15) is 12.1 Å². The average Bonchev–Trinajstić information content (AvgIpc) is 2.80. The van der Waals surface area contributed by atoms with Crippen molar-refractivity contribution < 1.29 is 4.79 Å². The molecule has 0 spiro atoms. The first kappa shape index (κ1) is 14.1. The molecule has 1 aromatic heterocycles. The molecule has 0 saturated heterocycles. The fourth-order valence-corrected chi connectivity index (χ4v) is 2.47. The molecule has 100 valence electrons. The Morgan fingerprint density at radius 1 is 1.47 bits per heavy atom. The maximum atomic E-state index is 11.3. The van der Waals surface area contributed by atoms with Gasteiger partial charge in [-0.05, 0) is 38.5 Å². The lowest BCUT2D eigenvalue weighted by Crippen LogP contribution is -2.09. The molecular formula is C13H14ClN3OS. The molecule has 1 unspecified atom stereocenters. The Morgan fingerprint density at radius 2 is 2.21 bits per heavy atom. The lowest BCUT2D eigenvalue weighted by atomic mass is 10.2. The van der Waals surface area contributed by atoms with Gasteiger partial charge in [0.25, 0.3) is 0 Å². The highest BCUT2D eigenvalue weighted by molar-refractivity contribution is 8.00. The van der Waals surface area contributed by atoms with Crippen LogP contribution in [0.1, 0.15) is 19.4 Å². The summed E-state index contributed by atoms with van der Waals surface area (Å²) in [6.07, 6.45) is 1.62. The van der Waals surface area contributed by atoms with E-state index in [0.29, 0.717) is 10.2 Å². The summed E-state index contributed by atoms with van der Waals surface area (Å²) in [6.45, 7) is 5.38. The maximum absolute atomic E-state index is 11.3. The standard InChI is InChI=1S/C13H14ClN3OS/c1-8-4-5-11(6-12(8)14)17-7-15-16-13(17)19-10(3)9(2)18/h4-7,10H,1-3H3. The van der Waals surface area contributed by atoms with E-state index in [1.54, 1.807) is 13.3 Å². The minimum absolute atomic E-state index is 0.112. The highest BCUT2D eigenvalue weighted by atomic mass is 35.5. The Labute approximate surface area is 121 Å². The van der Waals surface area contributed by atoms with Gasteiger partial charge in [-0.15, -0.1) is 10.2 Å². The van der Waals surface area contributed by atoms with E-state index >= 15 is 0 Å². The summed E-state index contributed by atoms with van der Waals surface area (Å²) < 4.78 is 1.83. The van der Waals surface area contributed by atoms with Crippen molar-refractivity contribution >= 4 is 29.1 Å². The van der Waals surface area contributed by atoms with E-state index in [2.05, 4.69) is 10.2 Å². The van der Waals surface area contributed by atoms with Gasteiger partial charge in [-0.25, -0.2) is 0 Å². The van der Waals surface area contributed by atoms with Gasteiger partial charge in [0.2, 0.25) is 0 Å². The van der Waals surface area contributed by atoms with Gasteiger partial charge in [0.05, 0.1) is 10.9 Å². The summed E-state index contributed by atoms with van der Waals surface area (Å²) in [4.78, 5) is 11.3. The predicted octanol–water partition coefficient (Wildman–Crippen LogP) is 3.30. The third-order valence-electron chi connectivity index (χ3n) is 2.80. The number of ketones is 1. The van der Waals surface area contributed by atoms with Gasteiger partial charge in [-0.2, -0.15) is 0 Å². The lowest BCUT2D eigenvalue weighted by molar-refractivity contribution is -0.116. The van der Waals surface area contributed by atoms with Crippen molar-refractivity contribution in [3.8, 4) is 5.69 Å². The molecule has 0 aliphatic heterocycles. The molecule has 0 N–H and O–H groups in total. The Hall–Kier alpha value is -1.33. The van der Waals surface area contributed by atoms with E-state index in [9.17, 15) is 4.79 Å². The van der Waals surface area contributed by atoms with Crippen LogP contribution in [0, 0.1) is 6.92 Å². The number of hydrogen-bond donors (Lipinski definition) is 0. The Kier molecular flexibility index (Phi) is 4.27. The van der Waals surface area contributed by atoms with Gasteiger partial charge in [-0.1, -0.05) is 29.4 Å². The quantitative estimate of drug-likeness (QED) is 0.812. The first-order valence-corrected chi connectivity index (χ1v) is 7.08. The summed E-state index contributed by atoms with van der Waals surface area (Å²) in [7, 11) is 0. The van der Waals surface area contributed by atoms with Crippen LogP contribution in [0.4, 0.5) is 0 Å². The molecule has 1 atom stereocenters. The molecule has 0 amide bonds. The topological polar surface area (TPSA) is 47.8 Å². The number of aryl methyl sites for hydroxylation is 1. The second kappa shape index (κ2) is 5.75. The van der Waals surface area contributed by atoms with Crippen LogP contribution in [0.25, 0.3) is 5.69 Å². The van der Waals surface area contributed by atoms with Crippen molar-refractivity contribution in [1.29, 1.82) is 0 Å². The van der Waals surface area contributed by atoms with E-state index < -0.39 is 0 Å². The second-order valence-corrected chi connectivity index (χ2v) is 6.00. The van der Waals surface area contributed by atoms with E-state index in [1.165, 1.54) is 11.8 Å². The molecule has 6 heteroatoms. The van der Waals surface area contributed by atoms with Gasteiger partial charge in [0, 0.05) is 5.02 Å². The predicted molar refractivity (Wildman–Crippen MR) is 77.1 cm³/mol. The van der Waals surface area contributed by atoms with Crippen LogP contribution in [-0.2, 0) is 4.79 Å². The summed E-state index contributed by atoms with van der Waals surface area (Å²) in [6, 6.07) is 5.76. The molecule has 0 bridgehead atoms. The van der Waals surface area contributed by atoms with Gasteiger partial charge < -0.3 is 0 Å². The van der Waals surface area contributed by atoms with Crippen molar-refractivity contribution in [3.63, 3.8) is 0 Å². The number of rotatable bonds is 4. The number of benzene rings is 1. The Balaban J connectivity index is 2.33. The first-order chi connectivity index (χ1) is 8.99. The van der Waals surface area contributed by atoms with E-state index in [4.69, 9.17) is 11.6 Å². The smallest absolute Gasteiger partial charge is 0.196 e. The van der Waals surface area contributed by atoms with E-state index in [1.807, 2.05) is 36.6 Å². The van der Waals surface area contributed by atoms with Gasteiger partial charge >= 0.3 is 0 Å². The molecule has 0 saturated carbocycles. The molecular weight excluding hydrogens is 282 g/mol. The minimum atomic E-state index is -0.149. The molecule has 0 aliphatic rings. The van der Waals surface area contributed by atoms with E-state index in [-0.39, 0.29) is 11.0 Å². The zero-order valence-electron chi connectivity index (χ0n) is 10.9. The normalized spacial score (nSPS) is 12.4. The van der Waals surface area contributed by atoms with Crippen molar-refractivity contribution in [1.82, 2.24) is 14.8 Å². The fraction of sp³-hybridized carbons (Fsp3) is 0.308. The molecule has 0 fully saturated rings. The lowest BCUT2D eigenvalue weighted by Gasteiger charge is -2.10. The van der Waals surface area contributed by atoms with Crippen LogP contribution in [0.15, 0.2) is 29.7 Å². The molecule has 4 nitrogen and oxygen atoms in total. The zero-order chi connectivity index (χ0) is 14.0. The molecule has 2 aromatic rings. The number of thioether (sulfide) groups is 1. The average molecular weight is 296 g/mol. The molecule has 0 aliphatic carbocycles. The van der Waals surface area contributed by atoms with Crippen LogP contribution < -0.4 is 0 Å². The summed E-state index contributed by atoms with van der Waals surface area (Å²) in [5.74, 6) is 0.112. The van der Waals surface area contributed by atoms with Gasteiger partial charge in [0.15, 0.2) is 5.16 Å². The van der Waals surface area contributed by atoms with Crippen LogP contribution in [0.2, 0.25) is 5.02 Å². The molecule has 1 heterocycles. The van der Waals surface area contributed by atoms with E-state index in [0.717, 1.165) is 11.3 Å². The van der Waals surface area contributed by atoms with Crippen LogP contribution in [0.3, 0.4) is 0 Å². The monoisotopic (exact) mass is 295 g/mol. The molecule has 0 radical (unpaired) electrons. The maximum Gasteiger partial charge on any atom is 0.196 e. The molecule has 2 rings (SSSR count). The zero-order valence-corrected chi connectivity index (χ0v) is 12.5. The van der Waals surface area contributed by atoms with Crippen LogP contribution in [-0.4, -0.2) is 25.8 Å². The number of nitrogens with zero attached hydrogens (tertiary/aromatic N) is 3. The highest BCUT2D eigenvalue weighted by Crippen LogP contribution is 2.26. The largest absolute Gasteiger partial charge is 0.299 e. The Bertz CT molecular complexity index is 612. The SMILES string of the molecule is CC(=O)C(C)Sc1nncn1-c1ccc(C)c(Cl)c1. The fourth-order valence-electron chi connectivity index (χ4n) is 1.45. The summed E-state index contributed by atoms with van der Waals surface area (Å²) >= 11 is 7.51. The van der Waals surface area contributed by atoms with Crippen molar-refractivity contribution in [2.75, 3.05) is 0 Å². The molecule has 19 heavy (non-hydrogen) atoms. The van der Waals surface area contributed by atoms with Crippen LogP contribution >= 0.6 is 23.4 Å². The third kappa shape index (κ3) is 3.16. The van der Waals surface area contributed by atoms with Crippen molar-refractivity contribution in [2.45, 2.75) is 31.2 Å². The van der Waals surface area contributed by atoms with Gasteiger partial charge in [-0.3, -0.25) is 9.36 Å². The summed E-state index contributed by atoms with van der Waals surface area (Å²) in [5.41, 5.74) is 1.91. The second-order valence-electron chi connectivity index (χ2n) is 4.29. The van der Waals surface area contributed by atoms with Crippen molar-refractivity contribution in [3.05, 3.63) is 35.1 Å². The summed E-state index contributed by atoms with van der Waals surface area (Å²) in [5, 5.41) is 9.18.